The second-order valence-corrected chi connectivity index (χ2v) is 8.30. The molecule has 0 fully saturated rings. The predicted octanol–water partition coefficient (Wildman–Crippen LogP) is 5.38. The number of nitrogens with one attached hydrogen (secondary N) is 1. The maximum atomic E-state index is 10.8. The molecule has 188 valence electrons. The lowest BCUT2D eigenvalue weighted by Gasteiger charge is -2.13. The van der Waals surface area contributed by atoms with E-state index in [1.54, 1.807) is 31.4 Å². The summed E-state index contributed by atoms with van der Waals surface area (Å²) in [6.45, 7) is 4.32. The molecule has 0 bridgehead atoms. The van der Waals surface area contributed by atoms with Crippen LogP contribution in [-0.4, -0.2) is 47.9 Å². The Morgan fingerprint density at radius 1 is 1.11 bits per heavy atom. The van der Waals surface area contributed by atoms with E-state index in [-0.39, 0.29) is 0 Å². The van der Waals surface area contributed by atoms with E-state index >= 15 is 0 Å². The first kappa shape index (κ1) is 25.1. The van der Waals surface area contributed by atoms with Gasteiger partial charge in [0.15, 0.2) is 29.4 Å². The van der Waals surface area contributed by atoms with Gasteiger partial charge in [0.25, 0.3) is 0 Å². The van der Waals surface area contributed by atoms with Crippen LogP contribution in [0.4, 0.5) is 5.82 Å². The van der Waals surface area contributed by atoms with Crippen molar-refractivity contribution in [1.29, 1.82) is 0 Å². The van der Waals surface area contributed by atoms with Gasteiger partial charge in [-0.2, -0.15) is 0 Å². The normalized spacial score (nSPS) is 10.9. The SMILES string of the molecule is CCOc1cc(-c2cc(NCCc3c(C)oc4c(OC)cc(Cl)cc34)ncn2)ccc1OCC(=O)O. The van der Waals surface area contributed by atoms with Crippen LogP contribution in [-0.2, 0) is 11.2 Å². The third kappa shape index (κ3) is 5.63. The van der Waals surface area contributed by atoms with Crippen molar-refractivity contribution in [1.82, 2.24) is 9.97 Å². The number of furan rings is 1. The van der Waals surface area contributed by atoms with Crippen molar-refractivity contribution in [2.24, 2.45) is 0 Å². The van der Waals surface area contributed by atoms with Gasteiger partial charge in [0.2, 0.25) is 0 Å². The number of methoxy groups -OCH3 is 1. The standard InChI is InChI=1S/C26H26ClN3O6/c1-4-34-22-9-16(5-6-21(22)35-13-25(31)32)20-12-24(30-14-29-20)28-8-7-18-15(2)36-26-19(18)10-17(27)11-23(26)33-3/h5-6,9-12,14H,4,7-8,13H2,1-3H3,(H,31,32)(H,28,29,30). The van der Waals surface area contributed by atoms with E-state index in [2.05, 4.69) is 15.3 Å². The van der Waals surface area contributed by atoms with E-state index in [0.29, 0.717) is 58.9 Å². The average Bonchev–Trinajstić information content (AvgIpc) is 3.18. The van der Waals surface area contributed by atoms with Crippen LogP contribution < -0.4 is 19.5 Å². The van der Waals surface area contributed by atoms with Crippen LogP contribution in [0.5, 0.6) is 17.2 Å². The first-order valence-electron chi connectivity index (χ1n) is 11.3. The van der Waals surface area contributed by atoms with Gasteiger partial charge in [-0.1, -0.05) is 11.6 Å². The molecule has 10 heteroatoms. The molecular formula is C26H26ClN3O6. The highest BCUT2D eigenvalue weighted by molar-refractivity contribution is 6.31. The number of rotatable bonds is 11. The molecule has 0 atom stereocenters. The molecule has 0 unspecified atom stereocenters. The van der Waals surface area contributed by atoms with Gasteiger partial charge in [0, 0.05) is 40.2 Å². The Hall–Kier alpha value is -3.98. The quantitative estimate of drug-likeness (QED) is 0.274. The van der Waals surface area contributed by atoms with Crippen LogP contribution in [0.2, 0.25) is 5.02 Å². The summed E-state index contributed by atoms with van der Waals surface area (Å²) in [5.74, 6) is 1.81. The van der Waals surface area contributed by atoms with Crippen LogP contribution in [0.3, 0.4) is 0 Å². The van der Waals surface area contributed by atoms with E-state index in [0.717, 1.165) is 22.3 Å². The molecule has 36 heavy (non-hydrogen) atoms. The minimum absolute atomic E-state index is 0.356. The molecule has 0 aliphatic carbocycles. The van der Waals surface area contributed by atoms with Crippen LogP contribution in [0, 0.1) is 6.92 Å². The Kier molecular flexibility index (Phi) is 7.80. The van der Waals surface area contributed by atoms with Gasteiger partial charge in [0.05, 0.1) is 19.4 Å². The lowest BCUT2D eigenvalue weighted by Crippen LogP contribution is -2.10. The largest absolute Gasteiger partial charge is 0.493 e. The molecule has 9 nitrogen and oxygen atoms in total. The Bertz CT molecular complexity index is 1390. The Morgan fingerprint density at radius 2 is 1.94 bits per heavy atom. The van der Waals surface area contributed by atoms with Gasteiger partial charge in [-0.05, 0) is 44.5 Å². The molecule has 0 saturated heterocycles. The van der Waals surface area contributed by atoms with E-state index in [4.69, 9.17) is 35.3 Å². The molecule has 2 N–H and O–H groups in total. The van der Waals surface area contributed by atoms with Crippen molar-refractivity contribution < 1.29 is 28.5 Å². The fourth-order valence-electron chi connectivity index (χ4n) is 3.89. The molecule has 0 aliphatic rings. The molecule has 2 heterocycles. The number of halogens is 1. The number of anilines is 1. The number of fused-ring (bicyclic) bond motifs is 1. The third-order valence-electron chi connectivity index (χ3n) is 5.48. The summed E-state index contributed by atoms with van der Waals surface area (Å²) in [5, 5.41) is 13.7. The Morgan fingerprint density at radius 3 is 2.69 bits per heavy atom. The zero-order valence-electron chi connectivity index (χ0n) is 20.1. The van der Waals surface area contributed by atoms with Crippen molar-refractivity contribution in [3.63, 3.8) is 0 Å². The van der Waals surface area contributed by atoms with E-state index in [1.165, 1.54) is 6.33 Å². The lowest BCUT2D eigenvalue weighted by molar-refractivity contribution is -0.139. The second kappa shape index (κ2) is 11.2. The van der Waals surface area contributed by atoms with Gasteiger partial charge in [-0.3, -0.25) is 0 Å². The summed E-state index contributed by atoms with van der Waals surface area (Å²) in [5.41, 5.74) is 3.19. The minimum atomic E-state index is -1.06. The number of carboxylic acid groups (broad SMARTS) is 1. The van der Waals surface area contributed by atoms with Gasteiger partial charge in [-0.25, -0.2) is 14.8 Å². The fourth-order valence-corrected chi connectivity index (χ4v) is 4.09. The molecule has 4 rings (SSSR count). The van der Waals surface area contributed by atoms with Crippen molar-refractivity contribution in [3.8, 4) is 28.5 Å². The monoisotopic (exact) mass is 511 g/mol. The fraction of sp³-hybridized carbons (Fsp3) is 0.269. The zero-order chi connectivity index (χ0) is 25.7. The maximum absolute atomic E-state index is 10.8. The lowest BCUT2D eigenvalue weighted by atomic mass is 10.1. The molecule has 2 aromatic carbocycles. The van der Waals surface area contributed by atoms with Gasteiger partial charge in [-0.15, -0.1) is 0 Å². The number of carbonyl (C=O) groups is 1. The van der Waals surface area contributed by atoms with Gasteiger partial charge < -0.3 is 29.1 Å². The smallest absolute Gasteiger partial charge is 0.341 e. The summed E-state index contributed by atoms with van der Waals surface area (Å²) in [6.07, 6.45) is 2.17. The van der Waals surface area contributed by atoms with Crippen molar-refractivity contribution in [3.05, 3.63) is 59.1 Å². The maximum Gasteiger partial charge on any atom is 0.341 e. The molecule has 0 amide bonds. The molecule has 0 aliphatic heterocycles. The number of carboxylic acids is 1. The van der Waals surface area contributed by atoms with Crippen LogP contribution in [0.25, 0.3) is 22.2 Å². The Labute approximate surface area is 213 Å². The van der Waals surface area contributed by atoms with E-state index in [1.807, 2.05) is 26.0 Å². The van der Waals surface area contributed by atoms with Crippen LogP contribution >= 0.6 is 11.6 Å². The topological polar surface area (TPSA) is 116 Å². The first-order valence-corrected chi connectivity index (χ1v) is 11.7. The molecule has 0 radical (unpaired) electrons. The van der Waals surface area contributed by atoms with Crippen molar-refractivity contribution in [2.75, 3.05) is 32.2 Å². The van der Waals surface area contributed by atoms with Crippen LogP contribution in [0.15, 0.2) is 47.1 Å². The molecular weight excluding hydrogens is 486 g/mol. The van der Waals surface area contributed by atoms with Crippen molar-refractivity contribution in [2.45, 2.75) is 20.3 Å². The van der Waals surface area contributed by atoms with Crippen LogP contribution in [0.1, 0.15) is 18.2 Å². The molecule has 2 aromatic heterocycles. The van der Waals surface area contributed by atoms with Crippen molar-refractivity contribution >= 4 is 34.4 Å². The Balaban J connectivity index is 1.49. The molecule has 0 spiro atoms. The number of aryl methyl sites for hydroxylation is 1. The predicted molar refractivity (Wildman–Crippen MR) is 136 cm³/mol. The number of aromatic nitrogens is 2. The van der Waals surface area contributed by atoms with E-state index < -0.39 is 12.6 Å². The summed E-state index contributed by atoms with van der Waals surface area (Å²) in [7, 11) is 1.59. The highest BCUT2D eigenvalue weighted by atomic mass is 35.5. The average molecular weight is 512 g/mol. The van der Waals surface area contributed by atoms with Gasteiger partial charge in [0.1, 0.15) is 17.9 Å². The number of hydrogen-bond acceptors (Lipinski definition) is 8. The summed E-state index contributed by atoms with van der Waals surface area (Å²) in [6, 6.07) is 10.7. The number of nitrogens with zero attached hydrogens (tertiary/aromatic N) is 2. The van der Waals surface area contributed by atoms with Gasteiger partial charge >= 0.3 is 5.97 Å². The number of hydrogen-bond donors (Lipinski definition) is 2. The van der Waals surface area contributed by atoms with E-state index in [9.17, 15) is 4.79 Å². The number of ether oxygens (including phenoxy) is 3. The number of aliphatic carboxylic acids is 1. The zero-order valence-corrected chi connectivity index (χ0v) is 20.9. The third-order valence-corrected chi connectivity index (χ3v) is 5.70. The summed E-state index contributed by atoms with van der Waals surface area (Å²) >= 11 is 6.26. The second-order valence-electron chi connectivity index (χ2n) is 7.86. The summed E-state index contributed by atoms with van der Waals surface area (Å²) < 4.78 is 22.3. The minimum Gasteiger partial charge on any atom is -0.493 e. The highest BCUT2D eigenvalue weighted by Crippen LogP contribution is 2.36. The first-order chi connectivity index (χ1) is 17.4. The number of benzene rings is 2. The molecule has 4 aromatic rings. The molecule has 0 saturated carbocycles. The highest BCUT2D eigenvalue weighted by Gasteiger charge is 2.16. The summed E-state index contributed by atoms with van der Waals surface area (Å²) in [4.78, 5) is 19.5.